The number of fused-ring (bicyclic) bond motifs is 2. The first-order chi connectivity index (χ1) is 9.90. The molecule has 0 atom stereocenters. The number of hydrogen-bond donors (Lipinski definition) is 1. The first-order valence-corrected chi connectivity index (χ1v) is 6.32. The van der Waals surface area contributed by atoms with Crippen LogP contribution in [-0.2, 0) is 6.67 Å². The molecule has 1 aliphatic heterocycles. The van der Waals surface area contributed by atoms with Crippen molar-refractivity contribution < 1.29 is 9.47 Å². The molecule has 0 aliphatic carbocycles. The van der Waals surface area contributed by atoms with Crippen molar-refractivity contribution in [1.29, 1.82) is 0 Å². The summed E-state index contributed by atoms with van der Waals surface area (Å²) in [5.74, 6) is 1.54. The van der Waals surface area contributed by atoms with Crippen molar-refractivity contribution in [1.82, 2.24) is 15.0 Å². The molecule has 4 rings (SSSR count). The van der Waals surface area contributed by atoms with Crippen molar-refractivity contribution in [2.24, 2.45) is 0 Å². The zero-order valence-corrected chi connectivity index (χ0v) is 10.6. The maximum atomic E-state index is 5.35. The SMILES string of the molecule is c1ccc2c(c1)nnn2CNc1ccc2c(c1)OCO2. The standard InChI is InChI=1S/C14H12N4O2/c1-2-4-12-11(3-1)16-17-18(12)8-15-10-5-6-13-14(7-10)20-9-19-13/h1-7,15H,8-9H2. The number of anilines is 1. The van der Waals surface area contributed by atoms with E-state index in [1.807, 2.05) is 47.1 Å². The molecule has 100 valence electrons. The second-order valence-corrected chi connectivity index (χ2v) is 4.48. The lowest BCUT2D eigenvalue weighted by molar-refractivity contribution is 0.174. The molecule has 0 spiro atoms. The van der Waals surface area contributed by atoms with Crippen LogP contribution in [0.4, 0.5) is 5.69 Å². The van der Waals surface area contributed by atoms with Crippen LogP contribution in [0.25, 0.3) is 11.0 Å². The molecule has 20 heavy (non-hydrogen) atoms. The third-order valence-electron chi connectivity index (χ3n) is 3.23. The molecule has 1 aromatic heterocycles. The molecule has 0 radical (unpaired) electrons. The van der Waals surface area contributed by atoms with Crippen LogP contribution < -0.4 is 14.8 Å². The summed E-state index contributed by atoms with van der Waals surface area (Å²) < 4.78 is 12.5. The van der Waals surface area contributed by atoms with Crippen LogP contribution in [0.1, 0.15) is 0 Å². The molecule has 2 aromatic carbocycles. The highest BCUT2D eigenvalue weighted by atomic mass is 16.7. The first kappa shape index (κ1) is 11.1. The molecule has 0 saturated carbocycles. The van der Waals surface area contributed by atoms with E-state index >= 15 is 0 Å². The van der Waals surface area contributed by atoms with E-state index in [0.717, 1.165) is 28.2 Å². The monoisotopic (exact) mass is 268 g/mol. The number of hydrogen-bond acceptors (Lipinski definition) is 5. The van der Waals surface area contributed by atoms with Crippen LogP contribution in [0.15, 0.2) is 42.5 Å². The average molecular weight is 268 g/mol. The van der Waals surface area contributed by atoms with Gasteiger partial charge < -0.3 is 14.8 Å². The summed E-state index contributed by atoms with van der Waals surface area (Å²) in [6, 6.07) is 13.6. The molecule has 0 bridgehead atoms. The smallest absolute Gasteiger partial charge is 0.231 e. The van der Waals surface area contributed by atoms with Gasteiger partial charge in [0.15, 0.2) is 11.5 Å². The topological polar surface area (TPSA) is 61.2 Å². The fourth-order valence-corrected chi connectivity index (χ4v) is 2.21. The number of nitrogens with one attached hydrogen (secondary N) is 1. The predicted molar refractivity (Wildman–Crippen MR) is 73.7 cm³/mol. The molecule has 0 amide bonds. The zero-order valence-electron chi connectivity index (χ0n) is 10.6. The largest absolute Gasteiger partial charge is 0.454 e. The Morgan fingerprint density at radius 3 is 3.00 bits per heavy atom. The summed E-state index contributed by atoms with van der Waals surface area (Å²) in [5.41, 5.74) is 2.84. The number of nitrogens with zero attached hydrogens (tertiary/aromatic N) is 3. The summed E-state index contributed by atoms with van der Waals surface area (Å²) >= 11 is 0. The molecule has 1 N–H and O–H groups in total. The Balaban J connectivity index is 1.55. The quantitative estimate of drug-likeness (QED) is 0.789. The molecule has 3 aromatic rings. The van der Waals surface area contributed by atoms with Crippen LogP contribution in [0.2, 0.25) is 0 Å². The third-order valence-corrected chi connectivity index (χ3v) is 3.23. The van der Waals surface area contributed by atoms with E-state index in [1.54, 1.807) is 0 Å². The Kier molecular flexibility index (Phi) is 2.45. The number of rotatable bonds is 3. The molecule has 0 saturated heterocycles. The molecule has 0 unspecified atom stereocenters. The molecule has 1 aliphatic rings. The van der Waals surface area contributed by atoms with Crippen LogP contribution >= 0.6 is 0 Å². The molecule has 2 heterocycles. The number of benzene rings is 2. The summed E-state index contributed by atoms with van der Waals surface area (Å²) in [6.07, 6.45) is 0. The van der Waals surface area contributed by atoms with Gasteiger partial charge in [0.1, 0.15) is 12.2 Å². The first-order valence-electron chi connectivity index (χ1n) is 6.32. The zero-order chi connectivity index (χ0) is 13.4. The van der Waals surface area contributed by atoms with Crippen molar-refractivity contribution in [2.45, 2.75) is 6.67 Å². The van der Waals surface area contributed by atoms with Gasteiger partial charge in [0.05, 0.1) is 5.52 Å². The van der Waals surface area contributed by atoms with Crippen LogP contribution in [0.3, 0.4) is 0 Å². The van der Waals surface area contributed by atoms with Gasteiger partial charge in [-0.15, -0.1) is 5.10 Å². The van der Waals surface area contributed by atoms with Gasteiger partial charge >= 0.3 is 0 Å². The van der Waals surface area contributed by atoms with E-state index in [-0.39, 0.29) is 6.79 Å². The third kappa shape index (κ3) is 1.82. The van der Waals surface area contributed by atoms with Gasteiger partial charge in [0, 0.05) is 11.8 Å². The summed E-state index contributed by atoms with van der Waals surface area (Å²) in [6.45, 7) is 0.826. The van der Waals surface area contributed by atoms with Crippen LogP contribution in [-0.4, -0.2) is 21.8 Å². The van der Waals surface area contributed by atoms with E-state index < -0.39 is 0 Å². The lowest BCUT2D eigenvalue weighted by Crippen LogP contribution is -2.09. The van der Waals surface area contributed by atoms with Crippen molar-refractivity contribution in [2.75, 3.05) is 12.1 Å². The molecule has 0 fully saturated rings. The summed E-state index contributed by atoms with van der Waals surface area (Å²) in [4.78, 5) is 0. The van der Waals surface area contributed by atoms with Gasteiger partial charge in [-0.1, -0.05) is 17.3 Å². The van der Waals surface area contributed by atoms with Crippen molar-refractivity contribution >= 4 is 16.7 Å². The van der Waals surface area contributed by atoms with Gasteiger partial charge in [-0.05, 0) is 24.3 Å². The fourth-order valence-electron chi connectivity index (χ4n) is 2.21. The van der Waals surface area contributed by atoms with Crippen LogP contribution in [0.5, 0.6) is 11.5 Å². The van der Waals surface area contributed by atoms with Gasteiger partial charge in [-0.2, -0.15) is 0 Å². The summed E-state index contributed by atoms with van der Waals surface area (Å²) in [7, 11) is 0. The highest BCUT2D eigenvalue weighted by Gasteiger charge is 2.13. The minimum Gasteiger partial charge on any atom is -0.454 e. The normalized spacial score (nSPS) is 12.8. The molecule has 6 nitrogen and oxygen atoms in total. The van der Waals surface area contributed by atoms with Gasteiger partial charge in [-0.3, -0.25) is 0 Å². The number of para-hydroxylation sites is 1. The average Bonchev–Trinajstić information content (AvgIpc) is 3.11. The number of ether oxygens (including phenoxy) is 2. The Hall–Kier alpha value is -2.76. The van der Waals surface area contributed by atoms with E-state index in [2.05, 4.69) is 15.6 Å². The molecule has 6 heteroatoms. The number of aromatic nitrogens is 3. The molecular weight excluding hydrogens is 256 g/mol. The minimum atomic E-state index is 0.284. The highest BCUT2D eigenvalue weighted by Crippen LogP contribution is 2.34. The Morgan fingerprint density at radius 1 is 1.10 bits per heavy atom. The lowest BCUT2D eigenvalue weighted by atomic mass is 10.3. The Morgan fingerprint density at radius 2 is 2.00 bits per heavy atom. The lowest BCUT2D eigenvalue weighted by Gasteiger charge is -2.07. The molecular formula is C14H12N4O2. The van der Waals surface area contributed by atoms with E-state index in [1.165, 1.54) is 0 Å². The van der Waals surface area contributed by atoms with E-state index in [9.17, 15) is 0 Å². The maximum Gasteiger partial charge on any atom is 0.231 e. The summed E-state index contributed by atoms with van der Waals surface area (Å²) in [5, 5.41) is 11.5. The predicted octanol–water partition coefficient (Wildman–Crippen LogP) is 2.23. The van der Waals surface area contributed by atoms with Gasteiger partial charge in [-0.25, -0.2) is 4.68 Å². The van der Waals surface area contributed by atoms with Gasteiger partial charge in [0.2, 0.25) is 6.79 Å². The van der Waals surface area contributed by atoms with E-state index in [0.29, 0.717) is 6.67 Å². The highest BCUT2D eigenvalue weighted by molar-refractivity contribution is 5.73. The van der Waals surface area contributed by atoms with Crippen LogP contribution in [0, 0.1) is 0 Å². The second kappa shape index (κ2) is 4.41. The minimum absolute atomic E-state index is 0.284. The van der Waals surface area contributed by atoms with Crippen molar-refractivity contribution in [3.63, 3.8) is 0 Å². The maximum absolute atomic E-state index is 5.35. The van der Waals surface area contributed by atoms with Crippen molar-refractivity contribution in [3.05, 3.63) is 42.5 Å². The van der Waals surface area contributed by atoms with Gasteiger partial charge in [0.25, 0.3) is 0 Å². The fraction of sp³-hybridized carbons (Fsp3) is 0.143. The Bertz CT molecular complexity index is 769. The Labute approximate surface area is 114 Å². The van der Waals surface area contributed by atoms with Crippen molar-refractivity contribution in [3.8, 4) is 11.5 Å². The van der Waals surface area contributed by atoms with E-state index in [4.69, 9.17) is 9.47 Å². The second-order valence-electron chi connectivity index (χ2n) is 4.48.